The lowest BCUT2D eigenvalue weighted by molar-refractivity contribution is 0.0697. The molecule has 7 heteroatoms. The molecule has 1 amide bonds. The second-order valence-electron chi connectivity index (χ2n) is 8.42. The van der Waals surface area contributed by atoms with E-state index < -0.39 is 12.1 Å². The number of carboxylic acid groups (broad SMARTS) is 1. The fourth-order valence-corrected chi connectivity index (χ4v) is 3.52. The monoisotopic (exact) mass is 485 g/mol. The van der Waals surface area contributed by atoms with Crippen molar-refractivity contribution in [3.05, 3.63) is 91.0 Å². The number of amides is 1. The van der Waals surface area contributed by atoms with Crippen LogP contribution >= 0.6 is 0 Å². The molecular weight excluding hydrogens is 454 g/mol. The first-order valence-electron chi connectivity index (χ1n) is 11.7. The SMILES string of the molecule is C=CCCOC(=O)Nc1cccc2c3cccc(N(C)C(C)C)c3nc-2c1.O=C(O)c1ccccc1. The lowest BCUT2D eigenvalue weighted by atomic mass is 10.1. The van der Waals surface area contributed by atoms with Crippen LogP contribution in [0, 0.1) is 0 Å². The van der Waals surface area contributed by atoms with Gasteiger partial charge in [-0.05, 0) is 50.6 Å². The average Bonchev–Trinajstić information content (AvgIpc) is 3.09. The highest BCUT2D eigenvalue weighted by Crippen LogP contribution is 2.36. The molecule has 1 heterocycles. The van der Waals surface area contributed by atoms with Crippen molar-refractivity contribution in [2.75, 3.05) is 23.9 Å². The summed E-state index contributed by atoms with van der Waals surface area (Å²) in [7, 11) is 2.07. The third-order valence-electron chi connectivity index (χ3n) is 5.62. The number of anilines is 2. The van der Waals surface area contributed by atoms with E-state index in [1.807, 2.05) is 24.3 Å². The largest absolute Gasteiger partial charge is 0.478 e. The lowest BCUT2D eigenvalue weighted by Crippen LogP contribution is -2.25. The maximum absolute atomic E-state index is 11.9. The highest BCUT2D eigenvalue weighted by molar-refractivity contribution is 6.04. The smallest absolute Gasteiger partial charge is 0.411 e. The zero-order chi connectivity index (χ0) is 26.1. The first-order chi connectivity index (χ1) is 17.3. The minimum atomic E-state index is -0.879. The molecule has 1 aliphatic carbocycles. The summed E-state index contributed by atoms with van der Waals surface area (Å²) >= 11 is 0. The van der Waals surface area contributed by atoms with Crippen LogP contribution in [0.5, 0.6) is 0 Å². The van der Waals surface area contributed by atoms with E-state index >= 15 is 0 Å². The van der Waals surface area contributed by atoms with Gasteiger partial charge in [-0.15, -0.1) is 6.58 Å². The number of carbonyl (C=O) groups is 2. The normalized spacial score (nSPS) is 10.4. The molecule has 7 nitrogen and oxygen atoms in total. The van der Waals surface area contributed by atoms with Gasteiger partial charge >= 0.3 is 12.1 Å². The molecule has 2 aromatic rings. The molecule has 0 unspecified atom stereocenters. The van der Waals surface area contributed by atoms with E-state index in [2.05, 4.69) is 55.9 Å². The zero-order valence-electron chi connectivity index (χ0n) is 20.8. The van der Waals surface area contributed by atoms with Crippen molar-refractivity contribution in [3.8, 4) is 11.3 Å². The summed E-state index contributed by atoms with van der Waals surface area (Å²) in [5.74, 6) is -0.879. The predicted molar refractivity (Wildman–Crippen MR) is 145 cm³/mol. The number of benzene rings is 2. The molecule has 0 aromatic heterocycles. The fraction of sp³-hybridized carbons (Fsp3) is 0.207. The van der Waals surface area contributed by atoms with Gasteiger partial charge in [0.25, 0.3) is 0 Å². The number of aromatic carboxylic acids is 1. The van der Waals surface area contributed by atoms with Crippen molar-refractivity contribution in [1.29, 1.82) is 0 Å². The number of rotatable bonds is 7. The topological polar surface area (TPSA) is 91.8 Å². The molecule has 0 bridgehead atoms. The van der Waals surface area contributed by atoms with Crippen LogP contribution in [0.15, 0.2) is 85.5 Å². The van der Waals surface area contributed by atoms with E-state index in [1.165, 1.54) is 0 Å². The van der Waals surface area contributed by atoms with Crippen LogP contribution in [-0.2, 0) is 4.74 Å². The Morgan fingerprint density at radius 2 is 1.81 bits per heavy atom. The number of carboxylic acids is 1. The average molecular weight is 486 g/mol. The van der Waals surface area contributed by atoms with Crippen LogP contribution in [0.2, 0.25) is 0 Å². The molecule has 0 atom stereocenters. The lowest BCUT2D eigenvalue weighted by Gasteiger charge is -2.24. The quantitative estimate of drug-likeness (QED) is 0.224. The number of hydrogen-bond donors (Lipinski definition) is 2. The van der Waals surface area contributed by atoms with Crippen molar-refractivity contribution in [1.82, 2.24) is 4.98 Å². The standard InChI is InChI=1S/C22H25N3O2.C7H6O2/c1-5-6-13-27-22(26)23-16-9-7-10-17-18-11-8-12-20(25(4)15(2)3)21(18)24-19(17)14-16;8-7(9)6-4-2-1-3-5-6/h5,7-12,14-15H,1,6,13H2,2-4H3,(H,23,26);1-5H,(H,8,9). The van der Waals surface area contributed by atoms with Crippen LogP contribution in [0.3, 0.4) is 0 Å². The van der Waals surface area contributed by atoms with E-state index in [0.29, 0.717) is 30.3 Å². The number of fused-ring (bicyclic) bond motifs is 3. The predicted octanol–water partition coefficient (Wildman–Crippen LogP) is 6.69. The Kier molecular flexibility index (Phi) is 9.00. The molecule has 36 heavy (non-hydrogen) atoms. The van der Waals surface area contributed by atoms with Gasteiger partial charge in [0.15, 0.2) is 0 Å². The number of para-hydroxylation sites is 1. The van der Waals surface area contributed by atoms with E-state index in [4.69, 9.17) is 14.8 Å². The van der Waals surface area contributed by atoms with Crippen molar-refractivity contribution in [2.45, 2.75) is 26.3 Å². The van der Waals surface area contributed by atoms with Gasteiger partial charge in [0.05, 0.1) is 29.1 Å². The summed E-state index contributed by atoms with van der Waals surface area (Å²) in [6.45, 7) is 8.23. The molecule has 186 valence electrons. The Bertz CT molecular complexity index is 1300. The maximum Gasteiger partial charge on any atom is 0.411 e. The number of nitrogens with zero attached hydrogens (tertiary/aromatic N) is 2. The highest BCUT2D eigenvalue weighted by atomic mass is 16.5. The fourth-order valence-electron chi connectivity index (χ4n) is 3.52. The minimum Gasteiger partial charge on any atom is -0.478 e. The van der Waals surface area contributed by atoms with Gasteiger partial charge in [-0.25, -0.2) is 14.6 Å². The van der Waals surface area contributed by atoms with Crippen LogP contribution in [0.25, 0.3) is 22.2 Å². The van der Waals surface area contributed by atoms with Crippen molar-refractivity contribution >= 4 is 34.3 Å². The van der Waals surface area contributed by atoms with E-state index in [-0.39, 0.29) is 0 Å². The molecule has 4 rings (SSSR count). The molecule has 0 radical (unpaired) electrons. The van der Waals surface area contributed by atoms with Gasteiger partial charge < -0.3 is 14.7 Å². The van der Waals surface area contributed by atoms with Crippen molar-refractivity contribution in [3.63, 3.8) is 0 Å². The van der Waals surface area contributed by atoms with Gasteiger partial charge in [0.2, 0.25) is 0 Å². The molecule has 1 aliphatic heterocycles. The highest BCUT2D eigenvalue weighted by Gasteiger charge is 2.17. The minimum absolute atomic E-state index is 0.313. The van der Waals surface area contributed by atoms with E-state index in [9.17, 15) is 9.59 Å². The number of ether oxygens (including phenoxy) is 1. The first kappa shape index (κ1) is 26.2. The molecule has 0 spiro atoms. The molecular formula is C29H31N3O4. The molecule has 2 aromatic carbocycles. The van der Waals surface area contributed by atoms with E-state index in [0.717, 1.165) is 27.8 Å². The maximum atomic E-state index is 11.9. The Morgan fingerprint density at radius 3 is 2.44 bits per heavy atom. The Balaban J connectivity index is 0.000000338. The Labute approximate surface area is 211 Å². The molecule has 0 saturated carbocycles. The van der Waals surface area contributed by atoms with Crippen LogP contribution in [-0.4, -0.2) is 41.8 Å². The van der Waals surface area contributed by atoms with Crippen LogP contribution < -0.4 is 10.2 Å². The summed E-state index contributed by atoms with van der Waals surface area (Å²) < 4.78 is 5.12. The molecule has 0 fully saturated rings. The second-order valence-corrected chi connectivity index (χ2v) is 8.42. The summed E-state index contributed by atoms with van der Waals surface area (Å²) in [6.07, 6.45) is 1.86. The molecule has 2 aliphatic rings. The summed E-state index contributed by atoms with van der Waals surface area (Å²) in [4.78, 5) is 29.2. The first-order valence-corrected chi connectivity index (χ1v) is 11.7. The third-order valence-corrected chi connectivity index (χ3v) is 5.62. The van der Waals surface area contributed by atoms with Crippen LogP contribution in [0.1, 0.15) is 30.6 Å². The van der Waals surface area contributed by atoms with Crippen molar-refractivity contribution in [2.24, 2.45) is 0 Å². The number of carbonyl (C=O) groups excluding carboxylic acids is 1. The van der Waals surface area contributed by atoms with Crippen molar-refractivity contribution < 1.29 is 19.4 Å². The van der Waals surface area contributed by atoms with Gasteiger partial charge in [-0.1, -0.05) is 48.5 Å². The summed E-state index contributed by atoms with van der Waals surface area (Å²) in [5.41, 5.74) is 4.93. The number of hydrogen-bond acceptors (Lipinski definition) is 5. The molecule has 2 N–H and O–H groups in total. The summed E-state index contributed by atoms with van der Waals surface area (Å²) in [6, 6.07) is 22.6. The second kappa shape index (κ2) is 12.4. The third kappa shape index (κ3) is 6.60. The van der Waals surface area contributed by atoms with Gasteiger partial charge in [0, 0.05) is 29.7 Å². The molecule has 0 saturated heterocycles. The Hall–Kier alpha value is -4.39. The summed E-state index contributed by atoms with van der Waals surface area (Å²) in [5, 5.41) is 12.3. The Morgan fingerprint density at radius 1 is 1.08 bits per heavy atom. The number of aromatic nitrogens is 1. The number of nitrogens with one attached hydrogen (secondary N) is 1. The van der Waals surface area contributed by atoms with Crippen LogP contribution in [0.4, 0.5) is 16.2 Å². The van der Waals surface area contributed by atoms with Gasteiger partial charge in [-0.3, -0.25) is 5.32 Å². The van der Waals surface area contributed by atoms with Gasteiger partial charge in [-0.2, -0.15) is 0 Å². The zero-order valence-corrected chi connectivity index (χ0v) is 20.8. The van der Waals surface area contributed by atoms with E-state index in [1.54, 1.807) is 36.4 Å². The van der Waals surface area contributed by atoms with Gasteiger partial charge in [0.1, 0.15) is 0 Å².